The lowest BCUT2D eigenvalue weighted by molar-refractivity contribution is -0.120. The molecule has 0 radical (unpaired) electrons. The van der Waals surface area contributed by atoms with Gasteiger partial charge in [-0.2, -0.15) is 0 Å². The fraction of sp³-hybridized carbons (Fsp3) is 0.526. The molecule has 0 bridgehead atoms. The fourth-order valence-electron chi connectivity index (χ4n) is 3.06. The molecule has 5 nitrogen and oxygen atoms in total. The maximum atomic E-state index is 12.4. The zero-order valence-electron chi connectivity index (χ0n) is 14.4. The first kappa shape index (κ1) is 16.8. The van der Waals surface area contributed by atoms with E-state index >= 15 is 0 Å². The van der Waals surface area contributed by atoms with E-state index in [-0.39, 0.29) is 17.3 Å². The predicted molar refractivity (Wildman–Crippen MR) is 98.8 cm³/mol. The molecule has 2 atom stereocenters. The molecular formula is C19H23N3O2S. The van der Waals surface area contributed by atoms with Crippen LogP contribution in [-0.4, -0.2) is 40.4 Å². The Morgan fingerprint density at radius 1 is 1.32 bits per heavy atom. The molecule has 1 saturated heterocycles. The Morgan fingerprint density at radius 3 is 2.92 bits per heavy atom. The van der Waals surface area contributed by atoms with Gasteiger partial charge >= 0.3 is 0 Å². The van der Waals surface area contributed by atoms with Crippen molar-refractivity contribution < 1.29 is 9.53 Å². The SMILES string of the molecule is C[C@H](Sc1nc(C2CC2)nc2ccccc12)C(=O)NC[C@H]1CCCO1. The first-order chi connectivity index (χ1) is 12.2. The summed E-state index contributed by atoms with van der Waals surface area (Å²) in [5.41, 5.74) is 0.967. The maximum absolute atomic E-state index is 12.4. The molecule has 1 aliphatic carbocycles. The highest BCUT2D eigenvalue weighted by molar-refractivity contribution is 8.00. The summed E-state index contributed by atoms with van der Waals surface area (Å²) in [7, 11) is 0. The van der Waals surface area contributed by atoms with Gasteiger partial charge in [0.1, 0.15) is 10.9 Å². The van der Waals surface area contributed by atoms with Crippen molar-refractivity contribution in [2.24, 2.45) is 0 Å². The Balaban J connectivity index is 1.47. The average molecular weight is 357 g/mol. The monoisotopic (exact) mass is 357 g/mol. The number of amides is 1. The van der Waals surface area contributed by atoms with Crippen LogP contribution in [0.4, 0.5) is 0 Å². The number of nitrogens with one attached hydrogen (secondary N) is 1. The molecule has 2 aliphatic rings. The summed E-state index contributed by atoms with van der Waals surface area (Å²) in [4.78, 5) is 21.9. The molecule has 2 aromatic rings. The first-order valence-corrected chi connectivity index (χ1v) is 9.91. The third kappa shape index (κ3) is 3.96. The van der Waals surface area contributed by atoms with E-state index in [4.69, 9.17) is 14.7 Å². The van der Waals surface area contributed by atoms with Crippen LogP contribution in [0.5, 0.6) is 0 Å². The van der Waals surface area contributed by atoms with Crippen molar-refractivity contribution in [3.05, 3.63) is 30.1 Å². The number of hydrogen-bond acceptors (Lipinski definition) is 5. The van der Waals surface area contributed by atoms with Crippen LogP contribution in [0.25, 0.3) is 10.9 Å². The molecule has 1 aromatic carbocycles. The van der Waals surface area contributed by atoms with Gasteiger partial charge in [-0.05, 0) is 38.7 Å². The van der Waals surface area contributed by atoms with Crippen LogP contribution >= 0.6 is 11.8 Å². The second kappa shape index (κ2) is 7.30. The molecule has 6 heteroatoms. The Bertz CT molecular complexity index is 772. The standard InChI is InChI=1S/C19H23N3O2S/c1-12(18(23)20-11-14-5-4-10-24-14)25-19-15-6-2-3-7-16(15)21-17(22-19)13-8-9-13/h2-3,6-7,12-14H,4-5,8-11H2,1H3,(H,20,23)/t12-,14+/m0/s1. The minimum atomic E-state index is -0.202. The molecule has 0 unspecified atom stereocenters. The van der Waals surface area contributed by atoms with E-state index in [9.17, 15) is 4.79 Å². The van der Waals surface area contributed by atoms with Gasteiger partial charge in [-0.25, -0.2) is 9.97 Å². The van der Waals surface area contributed by atoms with Crippen molar-refractivity contribution in [2.45, 2.75) is 54.9 Å². The number of benzene rings is 1. The summed E-state index contributed by atoms with van der Waals surface area (Å²) in [6, 6.07) is 8.05. The summed E-state index contributed by atoms with van der Waals surface area (Å²) in [6.45, 7) is 3.34. The lowest BCUT2D eigenvalue weighted by atomic mass is 10.2. The average Bonchev–Trinajstić information content (AvgIpc) is 3.35. The van der Waals surface area contributed by atoms with Crippen molar-refractivity contribution in [2.75, 3.05) is 13.2 Å². The summed E-state index contributed by atoms with van der Waals surface area (Å²) in [6.07, 6.45) is 4.62. The summed E-state index contributed by atoms with van der Waals surface area (Å²) in [5.74, 6) is 1.46. The van der Waals surface area contributed by atoms with E-state index in [0.717, 1.165) is 41.2 Å². The van der Waals surface area contributed by atoms with Gasteiger partial charge in [0.2, 0.25) is 5.91 Å². The lowest BCUT2D eigenvalue weighted by Gasteiger charge is -2.15. The number of ether oxygens (including phenoxy) is 1. The van der Waals surface area contributed by atoms with Crippen molar-refractivity contribution in [1.82, 2.24) is 15.3 Å². The Hall–Kier alpha value is -1.66. The van der Waals surface area contributed by atoms with E-state index in [1.54, 1.807) is 0 Å². The molecule has 25 heavy (non-hydrogen) atoms. The topological polar surface area (TPSA) is 64.1 Å². The van der Waals surface area contributed by atoms with Gasteiger partial charge in [0.15, 0.2) is 0 Å². The normalized spacial score (nSPS) is 21.4. The predicted octanol–water partition coefficient (Wildman–Crippen LogP) is 3.28. The molecule has 132 valence electrons. The largest absolute Gasteiger partial charge is 0.376 e. The van der Waals surface area contributed by atoms with Gasteiger partial charge in [-0.1, -0.05) is 30.0 Å². The molecule has 2 fully saturated rings. The van der Waals surface area contributed by atoms with Crippen LogP contribution in [0.1, 0.15) is 44.3 Å². The highest BCUT2D eigenvalue weighted by atomic mass is 32.2. The summed E-state index contributed by atoms with van der Waals surface area (Å²) >= 11 is 1.52. The molecular weight excluding hydrogens is 334 g/mol. The van der Waals surface area contributed by atoms with Crippen LogP contribution < -0.4 is 5.32 Å². The van der Waals surface area contributed by atoms with E-state index in [1.807, 2.05) is 31.2 Å². The molecule has 2 heterocycles. The number of rotatable bonds is 6. The number of carbonyl (C=O) groups is 1. The third-order valence-corrected chi connectivity index (χ3v) is 5.82. The van der Waals surface area contributed by atoms with Crippen LogP contribution in [0.15, 0.2) is 29.3 Å². The quantitative estimate of drug-likeness (QED) is 0.635. The number of thioether (sulfide) groups is 1. The van der Waals surface area contributed by atoms with Gasteiger partial charge in [0, 0.05) is 24.5 Å². The maximum Gasteiger partial charge on any atom is 0.233 e. The number of para-hydroxylation sites is 1. The van der Waals surface area contributed by atoms with Gasteiger partial charge in [0.05, 0.1) is 16.9 Å². The number of aromatic nitrogens is 2. The highest BCUT2D eigenvalue weighted by Gasteiger charge is 2.28. The second-order valence-electron chi connectivity index (χ2n) is 6.82. The first-order valence-electron chi connectivity index (χ1n) is 9.03. The Labute approximate surface area is 152 Å². The Morgan fingerprint density at radius 2 is 2.16 bits per heavy atom. The lowest BCUT2D eigenvalue weighted by Crippen LogP contribution is -2.36. The number of hydrogen-bond donors (Lipinski definition) is 1. The van der Waals surface area contributed by atoms with E-state index in [0.29, 0.717) is 12.5 Å². The van der Waals surface area contributed by atoms with Crippen molar-refractivity contribution in [1.29, 1.82) is 0 Å². The molecule has 1 aromatic heterocycles. The van der Waals surface area contributed by atoms with Crippen molar-refractivity contribution in [3.63, 3.8) is 0 Å². The van der Waals surface area contributed by atoms with Crippen LogP contribution in [-0.2, 0) is 9.53 Å². The van der Waals surface area contributed by atoms with E-state index < -0.39 is 0 Å². The zero-order valence-corrected chi connectivity index (χ0v) is 15.2. The minimum Gasteiger partial charge on any atom is -0.376 e. The van der Waals surface area contributed by atoms with Gasteiger partial charge in [0.25, 0.3) is 0 Å². The van der Waals surface area contributed by atoms with Crippen molar-refractivity contribution in [3.8, 4) is 0 Å². The van der Waals surface area contributed by atoms with Gasteiger partial charge < -0.3 is 10.1 Å². The third-order valence-electron chi connectivity index (χ3n) is 4.71. The second-order valence-corrected chi connectivity index (χ2v) is 8.15. The van der Waals surface area contributed by atoms with Crippen molar-refractivity contribution >= 4 is 28.6 Å². The number of carbonyl (C=O) groups excluding carboxylic acids is 1. The molecule has 1 N–H and O–H groups in total. The van der Waals surface area contributed by atoms with Crippen LogP contribution in [0.3, 0.4) is 0 Å². The summed E-state index contributed by atoms with van der Waals surface area (Å²) in [5, 5.41) is 4.75. The fourth-order valence-corrected chi connectivity index (χ4v) is 4.03. The van der Waals surface area contributed by atoms with Crippen LogP contribution in [0, 0.1) is 0 Å². The summed E-state index contributed by atoms with van der Waals surface area (Å²) < 4.78 is 5.57. The highest BCUT2D eigenvalue weighted by Crippen LogP contribution is 2.40. The smallest absolute Gasteiger partial charge is 0.233 e. The number of fused-ring (bicyclic) bond motifs is 1. The molecule has 1 amide bonds. The minimum absolute atomic E-state index is 0.0381. The molecule has 1 saturated carbocycles. The van der Waals surface area contributed by atoms with Crippen LogP contribution in [0.2, 0.25) is 0 Å². The molecule has 0 spiro atoms. The zero-order chi connectivity index (χ0) is 17.2. The van der Waals surface area contributed by atoms with Gasteiger partial charge in [-0.15, -0.1) is 0 Å². The van der Waals surface area contributed by atoms with E-state index in [2.05, 4.69) is 5.32 Å². The molecule has 1 aliphatic heterocycles. The number of nitrogens with zero attached hydrogens (tertiary/aromatic N) is 2. The molecule has 4 rings (SSSR count). The Kier molecular flexibility index (Phi) is 4.90. The van der Waals surface area contributed by atoms with Gasteiger partial charge in [-0.3, -0.25) is 4.79 Å². The van der Waals surface area contributed by atoms with E-state index in [1.165, 1.54) is 24.6 Å².